The summed E-state index contributed by atoms with van der Waals surface area (Å²) in [5, 5.41) is 5.49. The van der Waals surface area contributed by atoms with Gasteiger partial charge in [0.2, 0.25) is 0 Å². The number of ether oxygens (including phenoxy) is 1. The molecule has 0 aliphatic rings. The molecule has 0 radical (unpaired) electrons. The van der Waals surface area contributed by atoms with Crippen molar-refractivity contribution in [1.29, 1.82) is 0 Å². The van der Waals surface area contributed by atoms with Crippen molar-refractivity contribution in [2.75, 3.05) is 10.6 Å². The number of benzene rings is 2. The highest BCUT2D eigenvalue weighted by atomic mass is 32.1. The number of hydrazine groups is 1. The predicted octanol–water partition coefficient (Wildman–Crippen LogP) is 3.80. The van der Waals surface area contributed by atoms with Crippen molar-refractivity contribution < 1.29 is 18.7 Å². The van der Waals surface area contributed by atoms with E-state index in [-0.39, 0.29) is 10.9 Å². The highest BCUT2D eigenvalue weighted by Crippen LogP contribution is 2.14. The molecular weight excluding hydrogens is 383 g/mol. The van der Waals surface area contributed by atoms with Crippen LogP contribution in [-0.4, -0.2) is 22.7 Å². The summed E-state index contributed by atoms with van der Waals surface area (Å²) < 4.78 is 18.1. The number of carbonyl (C=O) groups excluding carboxylic acids is 2. The number of nitrogens with one attached hydrogen (secondary N) is 4. The highest BCUT2D eigenvalue weighted by Gasteiger charge is 2.16. The number of hydrogen-bond acceptors (Lipinski definition) is 4. The van der Waals surface area contributed by atoms with Crippen LogP contribution in [0.15, 0.2) is 48.5 Å². The summed E-state index contributed by atoms with van der Waals surface area (Å²) in [6, 6.07) is 11.9. The van der Waals surface area contributed by atoms with Gasteiger partial charge in [-0.15, -0.1) is 0 Å². The van der Waals surface area contributed by atoms with Crippen LogP contribution in [0.1, 0.15) is 31.1 Å². The van der Waals surface area contributed by atoms with Gasteiger partial charge in [0.25, 0.3) is 5.91 Å². The van der Waals surface area contributed by atoms with E-state index in [1.807, 2.05) is 0 Å². The quantitative estimate of drug-likeness (QED) is 0.459. The molecule has 0 fully saturated rings. The normalized spacial score (nSPS) is 10.6. The van der Waals surface area contributed by atoms with Crippen LogP contribution in [0.25, 0.3) is 0 Å². The molecular formula is C19H21FN4O3S. The molecule has 4 N–H and O–H groups in total. The maximum absolute atomic E-state index is 12.9. The van der Waals surface area contributed by atoms with Crippen LogP contribution in [0, 0.1) is 5.82 Å². The second-order valence-corrected chi connectivity index (χ2v) is 7.16. The van der Waals surface area contributed by atoms with E-state index in [1.54, 1.807) is 39.0 Å². The molecule has 0 unspecified atom stereocenters. The average molecular weight is 404 g/mol. The van der Waals surface area contributed by atoms with Gasteiger partial charge in [-0.1, -0.05) is 6.07 Å². The summed E-state index contributed by atoms with van der Waals surface area (Å²) in [4.78, 5) is 24.1. The van der Waals surface area contributed by atoms with Crippen LogP contribution in [0.4, 0.5) is 20.6 Å². The molecule has 2 aromatic rings. The molecule has 2 amide bonds. The van der Waals surface area contributed by atoms with Gasteiger partial charge in [-0.05, 0) is 75.5 Å². The van der Waals surface area contributed by atoms with Gasteiger partial charge in [0.05, 0.1) is 0 Å². The van der Waals surface area contributed by atoms with Gasteiger partial charge >= 0.3 is 6.09 Å². The van der Waals surface area contributed by atoms with Crippen LogP contribution in [0.5, 0.6) is 0 Å². The van der Waals surface area contributed by atoms with E-state index in [0.717, 1.165) is 0 Å². The summed E-state index contributed by atoms with van der Waals surface area (Å²) in [6.07, 6.45) is -0.618. The Morgan fingerprint density at radius 1 is 0.964 bits per heavy atom. The first kappa shape index (κ1) is 21.1. The summed E-state index contributed by atoms with van der Waals surface area (Å²) in [6.45, 7) is 5.26. The fourth-order valence-corrected chi connectivity index (χ4v) is 2.21. The predicted molar refractivity (Wildman–Crippen MR) is 110 cm³/mol. The van der Waals surface area contributed by atoms with Gasteiger partial charge in [0, 0.05) is 16.9 Å². The molecule has 148 valence electrons. The Kier molecular flexibility index (Phi) is 6.89. The van der Waals surface area contributed by atoms with Crippen molar-refractivity contribution >= 4 is 40.7 Å². The van der Waals surface area contributed by atoms with Crippen LogP contribution in [0.3, 0.4) is 0 Å². The van der Waals surface area contributed by atoms with Gasteiger partial charge in [-0.2, -0.15) is 0 Å². The third-order valence-corrected chi connectivity index (χ3v) is 3.37. The molecule has 0 spiro atoms. The van der Waals surface area contributed by atoms with E-state index < -0.39 is 17.6 Å². The fourth-order valence-electron chi connectivity index (χ4n) is 2.04. The van der Waals surface area contributed by atoms with E-state index >= 15 is 0 Å². The Morgan fingerprint density at radius 2 is 1.64 bits per heavy atom. The van der Waals surface area contributed by atoms with Crippen LogP contribution < -0.4 is 21.5 Å². The smallest absolute Gasteiger partial charge is 0.412 e. The standard InChI is InChI=1S/C19H21FN4O3S/c1-19(2,3)27-18(26)22-15-6-4-5-12(11-15)16(25)23-24-17(28)21-14-9-7-13(20)8-10-14/h4-11H,1-3H3,(H,22,26)(H,23,25)(H2,21,24,28). The summed E-state index contributed by atoms with van der Waals surface area (Å²) >= 11 is 5.07. The van der Waals surface area contributed by atoms with Crippen molar-refractivity contribution in [3.05, 3.63) is 59.9 Å². The number of hydrogen-bond donors (Lipinski definition) is 4. The lowest BCUT2D eigenvalue weighted by Gasteiger charge is -2.19. The van der Waals surface area contributed by atoms with Crippen molar-refractivity contribution in [2.45, 2.75) is 26.4 Å². The number of anilines is 2. The zero-order valence-electron chi connectivity index (χ0n) is 15.6. The molecule has 0 aromatic heterocycles. The zero-order chi connectivity index (χ0) is 20.7. The first-order chi connectivity index (χ1) is 13.1. The molecule has 0 aliphatic carbocycles. The van der Waals surface area contributed by atoms with Gasteiger partial charge in [-0.3, -0.25) is 21.0 Å². The van der Waals surface area contributed by atoms with Gasteiger partial charge in [0.15, 0.2) is 5.11 Å². The van der Waals surface area contributed by atoms with Crippen LogP contribution >= 0.6 is 12.2 Å². The zero-order valence-corrected chi connectivity index (χ0v) is 16.4. The second kappa shape index (κ2) is 9.14. The first-order valence-corrected chi connectivity index (χ1v) is 8.76. The lowest BCUT2D eigenvalue weighted by molar-refractivity contribution is 0.0635. The van der Waals surface area contributed by atoms with E-state index in [2.05, 4.69) is 21.5 Å². The largest absolute Gasteiger partial charge is 0.444 e. The topological polar surface area (TPSA) is 91.5 Å². The molecule has 0 saturated heterocycles. The molecule has 9 heteroatoms. The number of thiocarbonyl (C=S) groups is 1. The second-order valence-electron chi connectivity index (χ2n) is 6.75. The minimum Gasteiger partial charge on any atom is -0.444 e. The maximum Gasteiger partial charge on any atom is 0.412 e. The number of amides is 2. The highest BCUT2D eigenvalue weighted by molar-refractivity contribution is 7.80. The number of carbonyl (C=O) groups is 2. The monoisotopic (exact) mass is 404 g/mol. The van der Waals surface area contributed by atoms with E-state index in [1.165, 1.54) is 30.3 Å². The minimum absolute atomic E-state index is 0.128. The van der Waals surface area contributed by atoms with Crippen LogP contribution in [0.2, 0.25) is 0 Å². The van der Waals surface area contributed by atoms with Gasteiger partial charge in [0.1, 0.15) is 11.4 Å². The van der Waals surface area contributed by atoms with Crippen molar-refractivity contribution in [2.24, 2.45) is 0 Å². The molecule has 7 nitrogen and oxygen atoms in total. The number of rotatable bonds is 3. The van der Waals surface area contributed by atoms with Gasteiger partial charge in [-0.25, -0.2) is 9.18 Å². The van der Waals surface area contributed by atoms with Crippen molar-refractivity contribution in [1.82, 2.24) is 10.9 Å². The molecule has 2 aromatic carbocycles. The minimum atomic E-state index is -0.629. The molecule has 0 heterocycles. The summed E-state index contributed by atoms with van der Waals surface area (Å²) in [7, 11) is 0. The molecule has 2 rings (SSSR count). The Morgan fingerprint density at radius 3 is 2.29 bits per heavy atom. The molecule has 0 aliphatic heterocycles. The molecule has 0 saturated carbocycles. The van der Waals surface area contributed by atoms with Crippen molar-refractivity contribution in [3.63, 3.8) is 0 Å². The third kappa shape index (κ3) is 7.20. The van der Waals surface area contributed by atoms with E-state index in [4.69, 9.17) is 17.0 Å². The average Bonchev–Trinajstić information content (AvgIpc) is 2.60. The summed E-state index contributed by atoms with van der Waals surface area (Å²) in [5.74, 6) is -0.825. The summed E-state index contributed by atoms with van der Waals surface area (Å²) in [5.41, 5.74) is 5.63. The first-order valence-electron chi connectivity index (χ1n) is 8.35. The Bertz CT molecular complexity index is 866. The van der Waals surface area contributed by atoms with Crippen molar-refractivity contribution in [3.8, 4) is 0 Å². The lowest BCUT2D eigenvalue weighted by Crippen LogP contribution is -2.43. The Balaban J connectivity index is 1.89. The lowest BCUT2D eigenvalue weighted by atomic mass is 10.2. The SMILES string of the molecule is CC(C)(C)OC(=O)Nc1cccc(C(=O)NNC(=S)Nc2ccc(F)cc2)c1. The van der Waals surface area contributed by atoms with Crippen LogP contribution in [-0.2, 0) is 4.74 Å². The molecule has 28 heavy (non-hydrogen) atoms. The fraction of sp³-hybridized carbons (Fsp3) is 0.211. The van der Waals surface area contributed by atoms with E-state index in [0.29, 0.717) is 16.9 Å². The van der Waals surface area contributed by atoms with E-state index in [9.17, 15) is 14.0 Å². The van der Waals surface area contributed by atoms with Gasteiger partial charge < -0.3 is 10.1 Å². The maximum atomic E-state index is 12.9. The Hall–Kier alpha value is -3.20. The molecule has 0 atom stereocenters. The number of halogens is 1. The Labute approximate surface area is 167 Å². The molecule has 0 bridgehead atoms. The third-order valence-electron chi connectivity index (χ3n) is 3.16.